The number of hydrogen-bond acceptors (Lipinski definition) is 2. The molecule has 0 radical (unpaired) electrons. The monoisotopic (exact) mass is 301 g/mol. The van der Waals surface area contributed by atoms with Gasteiger partial charge in [-0.3, -0.25) is 4.79 Å². The molecule has 0 fully saturated rings. The highest BCUT2D eigenvalue weighted by Crippen LogP contribution is 2.32. The summed E-state index contributed by atoms with van der Waals surface area (Å²) in [5, 5.41) is 11.1. The molecular weight excluding hydrogens is 287 g/mol. The molecule has 0 spiro atoms. The Hall–Kier alpha value is -2.31. The molecule has 0 aliphatic rings. The van der Waals surface area contributed by atoms with Crippen LogP contribution in [-0.2, 0) is 15.1 Å². The van der Waals surface area contributed by atoms with Crippen molar-refractivity contribution < 1.29 is 27.9 Å². The summed E-state index contributed by atoms with van der Waals surface area (Å²) in [4.78, 5) is 22.9. The largest absolute Gasteiger partial charge is 0.479 e. The first kappa shape index (κ1) is 16.7. The van der Waals surface area contributed by atoms with Crippen molar-refractivity contribution in [1.82, 2.24) is 5.32 Å². The van der Waals surface area contributed by atoms with Crippen LogP contribution in [0.25, 0.3) is 0 Å². The number of aliphatic carboxylic acids is 1. The molecule has 1 aromatic carbocycles. The van der Waals surface area contributed by atoms with Gasteiger partial charge in [0.15, 0.2) is 5.54 Å². The van der Waals surface area contributed by atoms with Gasteiger partial charge in [-0.1, -0.05) is 43.3 Å². The van der Waals surface area contributed by atoms with Gasteiger partial charge in [0.2, 0.25) is 0 Å². The number of carbonyl (C=O) groups is 2. The molecule has 2 atom stereocenters. The molecule has 7 heteroatoms. The standard InChI is InChI=1S/C14H14F3NO3/c1-3-9(2)13(12(20)21,10-7-5-4-6-8-10)18-11(19)14(15,16)17/h3-9H,1H2,2H3,(H,18,19)(H,20,21)/t9-,13+/m0/s1. The Balaban J connectivity index is 3.44. The molecule has 0 aliphatic carbocycles. The first-order chi connectivity index (χ1) is 9.66. The molecule has 2 N–H and O–H groups in total. The number of carbonyl (C=O) groups excluding carboxylic acids is 1. The van der Waals surface area contributed by atoms with Crippen LogP contribution in [0.3, 0.4) is 0 Å². The zero-order valence-electron chi connectivity index (χ0n) is 11.1. The third-order valence-corrected chi connectivity index (χ3v) is 3.17. The maximum absolute atomic E-state index is 12.5. The minimum atomic E-state index is -5.18. The van der Waals surface area contributed by atoms with Gasteiger partial charge in [0.05, 0.1) is 0 Å². The van der Waals surface area contributed by atoms with Crippen molar-refractivity contribution in [2.24, 2.45) is 5.92 Å². The number of nitrogens with one attached hydrogen (secondary N) is 1. The average molecular weight is 301 g/mol. The highest BCUT2D eigenvalue weighted by Gasteiger charge is 2.51. The quantitative estimate of drug-likeness (QED) is 0.821. The van der Waals surface area contributed by atoms with Crippen molar-refractivity contribution in [3.63, 3.8) is 0 Å². The predicted molar refractivity (Wildman–Crippen MR) is 69.3 cm³/mol. The number of rotatable bonds is 5. The van der Waals surface area contributed by atoms with Crippen molar-refractivity contribution in [2.75, 3.05) is 0 Å². The van der Waals surface area contributed by atoms with Crippen LogP contribution in [0.1, 0.15) is 12.5 Å². The maximum atomic E-state index is 12.5. The minimum Gasteiger partial charge on any atom is -0.479 e. The summed E-state index contributed by atoms with van der Waals surface area (Å²) in [6.45, 7) is 4.77. The van der Waals surface area contributed by atoms with Crippen LogP contribution in [0.5, 0.6) is 0 Å². The summed E-state index contributed by atoms with van der Waals surface area (Å²) in [6, 6.07) is 7.21. The zero-order chi connectivity index (χ0) is 16.3. The van der Waals surface area contributed by atoms with Gasteiger partial charge in [-0.25, -0.2) is 4.79 Å². The molecule has 0 unspecified atom stereocenters. The van der Waals surface area contributed by atoms with Crippen molar-refractivity contribution >= 4 is 11.9 Å². The Labute approximate surface area is 119 Å². The van der Waals surface area contributed by atoms with E-state index in [9.17, 15) is 27.9 Å². The van der Waals surface area contributed by atoms with Crippen molar-refractivity contribution in [3.05, 3.63) is 48.6 Å². The molecule has 0 saturated heterocycles. The van der Waals surface area contributed by atoms with Crippen molar-refractivity contribution in [3.8, 4) is 0 Å². The summed E-state index contributed by atoms with van der Waals surface area (Å²) in [5.41, 5.74) is -2.21. The lowest BCUT2D eigenvalue weighted by atomic mass is 9.78. The molecule has 1 amide bonds. The molecule has 114 valence electrons. The third-order valence-electron chi connectivity index (χ3n) is 3.17. The Kier molecular flexibility index (Phi) is 4.77. The number of carboxylic acid groups (broad SMARTS) is 1. The summed E-state index contributed by atoms with van der Waals surface area (Å²) in [6.07, 6.45) is -4.01. The number of carboxylic acids is 1. The molecule has 0 bridgehead atoms. The van der Waals surface area contributed by atoms with Gasteiger partial charge in [0.1, 0.15) is 0 Å². The summed E-state index contributed by atoms with van der Waals surface area (Å²) < 4.78 is 37.5. The Morgan fingerprint density at radius 1 is 1.29 bits per heavy atom. The van der Waals surface area contributed by atoms with Crippen molar-refractivity contribution in [1.29, 1.82) is 0 Å². The molecular formula is C14H14F3NO3. The fourth-order valence-corrected chi connectivity index (χ4v) is 1.95. The normalized spacial score (nSPS) is 15.6. The van der Waals surface area contributed by atoms with Gasteiger partial charge in [-0.05, 0) is 5.56 Å². The van der Waals surface area contributed by atoms with E-state index >= 15 is 0 Å². The fourth-order valence-electron chi connectivity index (χ4n) is 1.95. The smallest absolute Gasteiger partial charge is 0.471 e. The molecule has 0 saturated carbocycles. The summed E-state index contributed by atoms with van der Waals surface area (Å²) in [5.74, 6) is -4.88. The fraction of sp³-hybridized carbons (Fsp3) is 0.286. The van der Waals surface area contributed by atoms with E-state index in [1.165, 1.54) is 37.3 Å². The first-order valence-corrected chi connectivity index (χ1v) is 5.97. The van der Waals surface area contributed by atoms with Gasteiger partial charge in [0, 0.05) is 5.92 Å². The number of benzene rings is 1. The second-order valence-corrected chi connectivity index (χ2v) is 4.46. The van der Waals surface area contributed by atoms with Crippen LogP contribution in [-0.4, -0.2) is 23.2 Å². The van der Waals surface area contributed by atoms with Crippen LogP contribution < -0.4 is 5.32 Å². The Morgan fingerprint density at radius 2 is 1.81 bits per heavy atom. The van der Waals surface area contributed by atoms with Gasteiger partial charge in [-0.2, -0.15) is 13.2 Å². The van der Waals surface area contributed by atoms with E-state index in [1.807, 2.05) is 0 Å². The first-order valence-electron chi connectivity index (χ1n) is 5.97. The molecule has 1 aromatic rings. The van der Waals surface area contributed by atoms with E-state index in [2.05, 4.69) is 6.58 Å². The number of hydrogen-bond donors (Lipinski definition) is 2. The van der Waals surface area contributed by atoms with E-state index in [1.54, 1.807) is 11.4 Å². The topological polar surface area (TPSA) is 66.4 Å². The van der Waals surface area contributed by atoms with E-state index in [0.29, 0.717) is 0 Å². The zero-order valence-corrected chi connectivity index (χ0v) is 11.1. The predicted octanol–water partition coefficient (Wildman–Crippen LogP) is 2.47. The van der Waals surface area contributed by atoms with Gasteiger partial charge < -0.3 is 10.4 Å². The SMILES string of the molecule is C=C[C@H](C)[C@](NC(=O)C(F)(F)F)(C(=O)O)c1ccccc1. The van der Waals surface area contributed by atoms with Crippen LogP contribution in [0.4, 0.5) is 13.2 Å². The second-order valence-electron chi connectivity index (χ2n) is 4.46. The lowest BCUT2D eigenvalue weighted by Gasteiger charge is -2.35. The molecule has 0 aliphatic heterocycles. The lowest BCUT2D eigenvalue weighted by Crippen LogP contribution is -2.58. The van der Waals surface area contributed by atoms with E-state index < -0.39 is 29.5 Å². The number of alkyl halides is 3. The van der Waals surface area contributed by atoms with Gasteiger partial charge >= 0.3 is 18.1 Å². The van der Waals surface area contributed by atoms with E-state index in [-0.39, 0.29) is 5.56 Å². The highest BCUT2D eigenvalue weighted by atomic mass is 19.4. The van der Waals surface area contributed by atoms with Crippen LogP contribution >= 0.6 is 0 Å². The summed E-state index contributed by atoms with van der Waals surface area (Å²) in [7, 11) is 0. The van der Waals surface area contributed by atoms with Gasteiger partial charge in [-0.15, -0.1) is 6.58 Å². The lowest BCUT2D eigenvalue weighted by molar-refractivity contribution is -0.178. The molecule has 1 rings (SSSR count). The molecule has 4 nitrogen and oxygen atoms in total. The Morgan fingerprint density at radius 3 is 2.19 bits per heavy atom. The van der Waals surface area contributed by atoms with E-state index in [4.69, 9.17) is 0 Å². The molecule has 0 aromatic heterocycles. The van der Waals surface area contributed by atoms with Crippen LogP contribution in [0, 0.1) is 5.92 Å². The number of halogens is 3. The van der Waals surface area contributed by atoms with Crippen molar-refractivity contribution in [2.45, 2.75) is 18.6 Å². The summed E-state index contributed by atoms with van der Waals surface area (Å²) >= 11 is 0. The maximum Gasteiger partial charge on any atom is 0.471 e. The van der Waals surface area contributed by atoms with Crippen LogP contribution in [0.2, 0.25) is 0 Å². The second kappa shape index (κ2) is 5.99. The van der Waals surface area contributed by atoms with Gasteiger partial charge in [0.25, 0.3) is 0 Å². The third kappa shape index (κ3) is 3.24. The average Bonchev–Trinajstić information content (AvgIpc) is 2.43. The van der Waals surface area contributed by atoms with E-state index in [0.717, 1.165) is 0 Å². The molecule has 21 heavy (non-hydrogen) atoms. The molecule has 0 heterocycles. The highest BCUT2D eigenvalue weighted by molar-refractivity contribution is 5.91. The Bertz CT molecular complexity index is 542. The minimum absolute atomic E-state index is 0.0301. The van der Waals surface area contributed by atoms with Crippen LogP contribution in [0.15, 0.2) is 43.0 Å². The number of amides is 1.